The number of nitro benzene ring substituents is 1. The van der Waals surface area contributed by atoms with Crippen LogP contribution in [0, 0.1) is 10.1 Å². The van der Waals surface area contributed by atoms with Crippen molar-refractivity contribution < 1.29 is 4.92 Å². The van der Waals surface area contributed by atoms with Crippen molar-refractivity contribution in [2.45, 2.75) is 0 Å². The summed E-state index contributed by atoms with van der Waals surface area (Å²) in [6, 6.07) is 26.3. The Kier molecular flexibility index (Phi) is 4.29. The van der Waals surface area contributed by atoms with E-state index in [9.17, 15) is 10.1 Å². The minimum Gasteiger partial charge on any atom is -0.337 e. The molecule has 0 aliphatic rings. The fourth-order valence-electron chi connectivity index (χ4n) is 3.56. The maximum atomic E-state index is 11.5. The highest BCUT2D eigenvalue weighted by molar-refractivity contribution is 5.88. The molecule has 0 unspecified atom stereocenters. The molecular formula is C24H16N4O2. The number of hydrogen-bond acceptors (Lipinski definition) is 4. The highest BCUT2D eigenvalue weighted by atomic mass is 16.6. The van der Waals surface area contributed by atoms with Crippen LogP contribution in [0.3, 0.4) is 0 Å². The van der Waals surface area contributed by atoms with E-state index in [4.69, 9.17) is 4.98 Å². The van der Waals surface area contributed by atoms with Gasteiger partial charge in [-0.15, -0.1) is 0 Å². The molecule has 6 heteroatoms. The van der Waals surface area contributed by atoms with Gasteiger partial charge in [0.05, 0.1) is 27.4 Å². The van der Waals surface area contributed by atoms with E-state index in [0.29, 0.717) is 17.1 Å². The quantitative estimate of drug-likeness (QED) is 0.306. The lowest BCUT2D eigenvalue weighted by Gasteiger charge is -2.04. The maximum absolute atomic E-state index is 11.5. The molecule has 0 radical (unpaired) electrons. The number of aromatic nitrogens is 3. The number of aromatic amines is 1. The second kappa shape index (κ2) is 7.25. The van der Waals surface area contributed by atoms with E-state index >= 15 is 0 Å². The molecule has 0 amide bonds. The molecule has 5 aromatic rings. The monoisotopic (exact) mass is 392 g/mol. The van der Waals surface area contributed by atoms with E-state index in [-0.39, 0.29) is 5.69 Å². The van der Waals surface area contributed by atoms with Gasteiger partial charge in [0.2, 0.25) is 0 Å². The molecule has 0 aliphatic carbocycles. The Morgan fingerprint density at radius 1 is 0.833 bits per heavy atom. The van der Waals surface area contributed by atoms with Gasteiger partial charge in [-0.1, -0.05) is 60.7 Å². The molecule has 30 heavy (non-hydrogen) atoms. The van der Waals surface area contributed by atoms with Crippen LogP contribution in [0.5, 0.6) is 0 Å². The smallest absolute Gasteiger partial charge is 0.280 e. The number of nitrogens with one attached hydrogen (secondary N) is 1. The number of fused-ring (bicyclic) bond motifs is 1. The second-order valence-corrected chi connectivity index (χ2v) is 6.87. The van der Waals surface area contributed by atoms with Gasteiger partial charge in [0, 0.05) is 28.8 Å². The normalized spacial score (nSPS) is 10.9. The van der Waals surface area contributed by atoms with Crippen molar-refractivity contribution in [3.63, 3.8) is 0 Å². The number of imidazole rings is 1. The molecule has 3 aromatic carbocycles. The molecule has 144 valence electrons. The fraction of sp³-hybridized carbons (Fsp3) is 0. The molecule has 0 bridgehead atoms. The third-order valence-electron chi connectivity index (χ3n) is 4.99. The van der Waals surface area contributed by atoms with E-state index in [1.807, 2.05) is 60.7 Å². The molecule has 2 aromatic heterocycles. The van der Waals surface area contributed by atoms with E-state index < -0.39 is 4.92 Å². The van der Waals surface area contributed by atoms with Crippen LogP contribution in [0.4, 0.5) is 5.69 Å². The summed E-state index contributed by atoms with van der Waals surface area (Å²) in [6.45, 7) is 0. The first kappa shape index (κ1) is 17.8. The zero-order chi connectivity index (χ0) is 20.5. The topological polar surface area (TPSA) is 84.7 Å². The fourth-order valence-corrected chi connectivity index (χ4v) is 3.56. The Morgan fingerprint density at radius 3 is 2.40 bits per heavy atom. The van der Waals surface area contributed by atoms with E-state index in [1.54, 1.807) is 24.4 Å². The van der Waals surface area contributed by atoms with Crippen LogP contribution in [0.2, 0.25) is 0 Å². The standard InChI is InChI=1S/C24H16N4O2/c29-28(30)21-13-7-5-11-19(21)24-26-22(16-8-2-1-3-9-16)23(27-24)18-14-17-10-4-6-12-20(17)25-15-18/h1-15H,(H,26,27). The number of hydrogen-bond donors (Lipinski definition) is 1. The summed E-state index contributed by atoms with van der Waals surface area (Å²) in [4.78, 5) is 23.8. The van der Waals surface area contributed by atoms with Crippen molar-refractivity contribution in [3.8, 4) is 33.9 Å². The molecule has 6 nitrogen and oxygen atoms in total. The summed E-state index contributed by atoms with van der Waals surface area (Å²) in [5.74, 6) is 0.448. The van der Waals surface area contributed by atoms with E-state index in [2.05, 4.69) is 9.97 Å². The minimum atomic E-state index is -0.392. The summed E-state index contributed by atoms with van der Waals surface area (Å²) in [6.07, 6.45) is 1.79. The van der Waals surface area contributed by atoms with Gasteiger partial charge >= 0.3 is 0 Å². The summed E-state index contributed by atoms with van der Waals surface area (Å²) in [7, 11) is 0. The zero-order valence-electron chi connectivity index (χ0n) is 15.8. The van der Waals surface area contributed by atoms with Gasteiger partial charge in [-0.25, -0.2) is 4.98 Å². The molecule has 5 rings (SSSR count). The molecular weight excluding hydrogens is 376 g/mol. The van der Waals surface area contributed by atoms with Crippen LogP contribution >= 0.6 is 0 Å². The molecule has 2 heterocycles. The van der Waals surface area contributed by atoms with Crippen molar-refractivity contribution in [1.82, 2.24) is 15.0 Å². The van der Waals surface area contributed by atoms with Crippen LogP contribution in [-0.2, 0) is 0 Å². The lowest BCUT2D eigenvalue weighted by molar-refractivity contribution is -0.384. The Hall–Kier alpha value is -4.32. The average Bonchev–Trinajstić information content (AvgIpc) is 3.25. The Bertz CT molecular complexity index is 1380. The SMILES string of the molecule is O=[N+]([O-])c1ccccc1-c1nc(-c2cnc3ccccc3c2)c(-c2ccccc2)[nH]1. The predicted molar refractivity (Wildman–Crippen MR) is 117 cm³/mol. The number of benzene rings is 3. The number of pyridine rings is 1. The first-order valence-corrected chi connectivity index (χ1v) is 9.45. The Balaban J connectivity index is 1.74. The maximum Gasteiger partial charge on any atom is 0.280 e. The minimum absolute atomic E-state index is 0.00838. The highest BCUT2D eigenvalue weighted by Crippen LogP contribution is 2.36. The lowest BCUT2D eigenvalue weighted by Crippen LogP contribution is -1.92. The van der Waals surface area contributed by atoms with E-state index in [0.717, 1.165) is 27.7 Å². The molecule has 1 N–H and O–H groups in total. The summed E-state index contributed by atoms with van der Waals surface area (Å²) in [5, 5.41) is 12.5. The van der Waals surface area contributed by atoms with Gasteiger partial charge in [-0.3, -0.25) is 15.1 Å². The van der Waals surface area contributed by atoms with Gasteiger partial charge < -0.3 is 4.98 Å². The predicted octanol–water partition coefficient (Wildman–Crippen LogP) is 5.87. The van der Waals surface area contributed by atoms with Gasteiger partial charge in [0.1, 0.15) is 5.82 Å². The van der Waals surface area contributed by atoms with Crippen molar-refractivity contribution in [2.24, 2.45) is 0 Å². The largest absolute Gasteiger partial charge is 0.337 e. The second-order valence-electron chi connectivity index (χ2n) is 6.87. The lowest BCUT2D eigenvalue weighted by atomic mass is 10.0. The van der Waals surface area contributed by atoms with Crippen LogP contribution in [0.25, 0.3) is 44.8 Å². The van der Waals surface area contributed by atoms with Crippen molar-refractivity contribution in [2.75, 3.05) is 0 Å². The number of para-hydroxylation sites is 2. The summed E-state index contributed by atoms with van der Waals surface area (Å²) >= 11 is 0. The Labute approximate surface area is 172 Å². The van der Waals surface area contributed by atoms with Gasteiger partial charge in [0.15, 0.2) is 0 Å². The van der Waals surface area contributed by atoms with Crippen molar-refractivity contribution in [1.29, 1.82) is 0 Å². The molecule has 0 atom stereocenters. The third-order valence-corrected chi connectivity index (χ3v) is 4.99. The highest BCUT2D eigenvalue weighted by Gasteiger charge is 2.21. The van der Waals surface area contributed by atoms with Crippen LogP contribution < -0.4 is 0 Å². The number of rotatable bonds is 4. The van der Waals surface area contributed by atoms with Crippen molar-refractivity contribution >= 4 is 16.6 Å². The number of nitro groups is 1. The molecule has 0 saturated carbocycles. The first-order valence-electron chi connectivity index (χ1n) is 9.45. The van der Waals surface area contributed by atoms with Crippen LogP contribution in [0.15, 0.2) is 91.1 Å². The zero-order valence-corrected chi connectivity index (χ0v) is 15.8. The van der Waals surface area contributed by atoms with Crippen molar-refractivity contribution in [3.05, 3.63) is 101 Å². The van der Waals surface area contributed by atoms with Gasteiger partial charge in [0.25, 0.3) is 5.69 Å². The first-order chi connectivity index (χ1) is 14.7. The summed E-state index contributed by atoms with van der Waals surface area (Å²) in [5.41, 5.74) is 4.63. The van der Waals surface area contributed by atoms with Gasteiger partial charge in [-0.05, 0) is 18.2 Å². The number of H-pyrrole nitrogens is 1. The third kappa shape index (κ3) is 3.10. The average molecular weight is 392 g/mol. The van der Waals surface area contributed by atoms with Gasteiger partial charge in [-0.2, -0.15) is 0 Å². The molecule has 0 fully saturated rings. The van der Waals surface area contributed by atoms with Crippen LogP contribution in [0.1, 0.15) is 0 Å². The van der Waals surface area contributed by atoms with Crippen LogP contribution in [-0.4, -0.2) is 19.9 Å². The number of nitrogens with zero attached hydrogens (tertiary/aromatic N) is 3. The molecule has 0 spiro atoms. The molecule has 0 aliphatic heterocycles. The summed E-state index contributed by atoms with van der Waals surface area (Å²) < 4.78 is 0. The molecule has 0 saturated heterocycles. The van der Waals surface area contributed by atoms with E-state index in [1.165, 1.54) is 6.07 Å². The Morgan fingerprint density at radius 2 is 1.57 bits per heavy atom.